The second kappa shape index (κ2) is 7.16. The number of carbonyl (C=O) groups is 1. The van der Waals surface area contributed by atoms with Crippen molar-refractivity contribution in [3.8, 4) is 0 Å². The van der Waals surface area contributed by atoms with Crippen LogP contribution in [-0.2, 0) is 0 Å². The Morgan fingerprint density at radius 3 is 2.55 bits per heavy atom. The molecule has 1 aliphatic carbocycles. The van der Waals surface area contributed by atoms with Crippen LogP contribution in [0, 0.1) is 11.7 Å². The summed E-state index contributed by atoms with van der Waals surface area (Å²) in [6.45, 7) is 0. The summed E-state index contributed by atoms with van der Waals surface area (Å²) < 4.78 is 14.6. The van der Waals surface area contributed by atoms with Crippen LogP contribution >= 0.6 is 11.6 Å². The van der Waals surface area contributed by atoms with Crippen molar-refractivity contribution in [1.82, 2.24) is 0 Å². The summed E-state index contributed by atoms with van der Waals surface area (Å²) in [7, 11) is 0. The zero-order chi connectivity index (χ0) is 20.0. The van der Waals surface area contributed by atoms with Crippen molar-refractivity contribution in [2.45, 2.75) is 18.4 Å². The third kappa shape index (κ3) is 3.06. The lowest BCUT2D eigenvalue weighted by atomic mass is 9.75. The van der Waals surface area contributed by atoms with Crippen LogP contribution in [0.5, 0.6) is 0 Å². The zero-order valence-corrected chi connectivity index (χ0v) is 16.4. The molecule has 0 saturated carbocycles. The highest BCUT2D eigenvalue weighted by Crippen LogP contribution is 2.51. The summed E-state index contributed by atoms with van der Waals surface area (Å²) in [6, 6.07) is 19.4. The van der Waals surface area contributed by atoms with E-state index in [0.29, 0.717) is 21.7 Å². The van der Waals surface area contributed by atoms with Gasteiger partial charge in [0.05, 0.1) is 6.04 Å². The molecule has 0 unspecified atom stereocenters. The van der Waals surface area contributed by atoms with E-state index in [2.05, 4.69) is 17.5 Å². The summed E-state index contributed by atoms with van der Waals surface area (Å²) in [4.78, 5) is 13.3. The Bertz CT molecular complexity index is 1120. The molecule has 0 bridgehead atoms. The van der Waals surface area contributed by atoms with E-state index >= 15 is 0 Å². The van der Waals surface area contributed by atoms with Crippen LogP contribution in [0.25, 0.3) is 0 Å². The van der Waals surface area contributed by atoms with Crippen molar-refractivity contribution in [1.29, 1.82) is 0 Å². The molecular formula is C25H19ClFNO. The van der Waals surface area contributed by atoms with Gasteiger partial charge in [0.15, 0.2) is 5.78 Å². The summed E-state index contributed by atoms with van der Waals surface area (Å²) in [6.07, 6.45) is 5.15. The first-order chi connectivity index (χ1) is 14.1. The highest BCUT2D eigenvalue weighted by atomic mass is 35.5. The average Bonchev–Trinajstić information content (AvgIpc) is 3.24. The molecule has 2 nitrogen and oxygen atoms in total. The molecule has 0 aromatic heterocycles. The Balaban J connectivity index is 1.67. The fourth-order valence-corrected chi connectivity index (χ4v) is 4.85. The molecule has 1 heterocycles. The number of nitrogens with one attached hydrogen (secondary N) is 1. The van der Waals surface area contributed by atoms with Crippen LogP contribution in [0.4, 0.5) is 10.1 Å². The van der Waals surface area contributed by atoms with Gasteiger partial charge in [0, 0.05) is 33.3 Å². The maximum Gasteiger partial charge on any atom is 0.195 e. The molecule has 0 fully saturated rings. The van der Waals surface area contributed by atoms with Gasteiger partial charge in [0.2, 0.25) is 0 Å². The fourth-order valence-electron chi connectivity index (χ4n) is 4.62. The molecule has 2 aliphatic rings. The predicted octanol–water partition coefficient (Wildman–Crippen LogP) is 6.54. The van der Waals surface area contributed by atoms with E-state index in [4.69, 9.17) is 11.6 Å². The minimum atomic E-state index is -0.232. The van der Waals surface area contributed by atoms with Gasteiger partial charge in [-0.3, -0.25) is 4.79 Å². The second-order valence-electron chi connectivity index (χ2n) is 7.61. The van der Waals surface area contributed by atoms with Crippen LogP contribution < -0.4 is 5.32 Å². The number of hydrogen-bond acceptors (Lipinski definition) is 2. The third-order valence-electron chi connectivity index (χ3n) is 5.95. The molecule has 1 N–H and O–H groups in total. The van der Waals surface area contributed by atoms with Crippen LogP contribution in [-0.4, -0.2) is 5.78 Å². The Hall–Kier alpha value is -2.91. The minimum absolute atomic E-state index is 0.0930. The number of halogens is 2. The maximum atomic E-state index is 14.6. The number of allylic oxidation sites excluding steroid dienone is 2. The van der Waals surface area contributed by atoms with E-state index in [1.54, 1.807) is 24.3 Å². The van der Waals surface area contributed by atoms with Crippen LogP contribution in [0.15, 0.2) is 78.9 Å². The lowest BCUT2D eigenvalue weighted by Gasteiger charge is -2.38. The van der Waals surface area contributed by atoms with Gasteiger partial charge in [-0.1, -0.05) is 72.3 Å². The number of benzene rings is 3. The molecule has 3 aromatic carbocycles. The molecule has 5 rings (SSSR count). The van der Waals surface area contributed by atoms with Gasteiger partial charge >= 0.3 is 0 Å². The first kappa shape index (κ1) is 18.1. The number of carbonyl (C=O) groups excluding carboxylic acids is 1. The monoisotopic (exact) mass is 403 g/mol. The van der Waals surface area contributed by atoms with Gasteiger partial charge < -0.3 is 5.32 Å². The molecular weight excluding hydrogens is 385 g/mol. The van der Waals surface area contributed by atoms with Crippen LogP contribution in [0.3, 0.4) is 0 Å². The van der Waals surface area contributed by atoms with Gasteiger partial charge in [-0.2, -0.15) is 0 Å². The molecule has 29 heavy (non-hydrogen) atoms. The summed E-state index contributed by atoms with van der Waals surface area (Å²) in [5.41, 5.74) is 3.52. The van der Waals surface area contributed by atoms with Crippen molar-refractivity contribution in [2.75, 3.05) is 5.32 Å². The number of rotatable bonds is 3. The van der Waals surface area contributed by atoms with Gasteiger partial charge in [-0.05, 0) is 36.1 Å². The quantitative estimate of drug-likeness (QED) is 0.397. The van der Waals surface area contributed by atoms with Crippen molar-refractivity contribution < 1.29 is 9.18 Å². The Morgan fingerprint density at radius 1 is 1.00 bits per heavy atom. The lowest BCUT2D eigenvalue weighted by molar-refractivity contribution is 0.103. The largest absolute Gasteiger partial charge is 0.377 e. The Morgan fingerprint density at radius 2 is 1.76 bits per heavy atom. The predicted molar refractivity (Wildman–Crippen MR) is 114 cm³/mol. The van der Waals surface area contributed by atoms with Crippen molar-refractivity contribution in [2.24, 2.45) is 5.92 Å². The molecule has 0 saturated heterocycles. The first-order valence-corrected chi connectivity index (χ1v) is 10.1. The van der Waals surface area contributed by atoms with E-state index in [1.807, 2.05) is 36.4 Å². The average molecular weight is 404 g/mol. The molecule has 0 spiro atoms. The SMILES string of the molecule is O=C(c1ccccc1)c1cc(Cl)cc2c1N[C@@H](c1ccccc1F)[C@@H]1CC=C[C@H]21. The van der Waals surface area contributed by atoms with E-state index in [9.17, 15) is 9.18 Å². The summed E-state index contributed by atoms with van der Waals surface area (Å²) in [5, 5.41) is 4.05. The van der Waals surface area contributed by atoms with Gasteiger partial charge in [-0.15, -0.1) is 0 Å². The van der Waals surface area contributed by atoms with Gasteiger partial charge in [0.25, 0.3) is 0 Å². The van der Waals surface area contributed by atoms with Crippen molar-refractivity contribution in [3.63, 3.8) is 0 Å². The molecule has 3 aromatic rings. The molecule has 1 aliphatic heterocycles. The van der Waals surface area contributed by atoms with Gasteiger partial charge in [-0.25, -0.2) is 4.39 Å². The number of anilines is 1. The van der Waals surface area contributed by atoms with Crippen molar-refractivity contribution >= 4 is 23.1 Å². The molecule has 144 valence electrons. The Labute approximate surface area is 174 Å². The topological polar surface area (TPSA) is 29.1 Å². The lowest BCUT2D eigenvalue weighted by Crippen LogP contribution is -2.31. The van der Waals surface area contributed by atoms with Crippen LogP contribution in [0.1, 0.15) is 45.4 Å². The van der Waals surface area contributed by atoms with Crippen LogP contribution in [0.2, 0.25) is 5.02 Å². The molecule has 3 atom stereocenters. The first-order valence-electron chi connectivity index (χ1n) is 9.74. The molecule has 0 radical (unpaired) electrons. The van der Waals surface area contributed by atoms with E-state index in [0.717, 1.165) is 17.7 Å². The van der Waals surface area contributed by atoms with E-state index in [-0.39, 0.29) is 29.5 Å². The Kier molecular flexibility index (Phi) is 4.48. The smallest absolute Gasteiger partial charge is 0.195 e. The highest BCUT2D eigenvalue weighted by Gasteiger charge is 2.40. The normalized spacial score (nSPS) is 21.9. The third-order valence-corrected chi connectivity index (χ3v) is 6.17. The highest BCUT2D eigenvalue weighted by molar-refractivity contribution is 6.31. The molecule has 0 amide bonds. The van der Waals surface area contributed by atoms with E-state index < -0.39 is 0 Å². The van der Waals surface area contributed by atoms with E-state index in [1.165, 1.54) is 6.07 Å². The molecule has 4 heteroatoms. The number of hydrogen-bond donors (Lipinski definition) is 1. The minimum Gasteiger partial charge on any atom is -0.377 e. The number of fused-ring (bicyclic) bond motifs is 3. The second-order valence-corrected chi connectivity index (χ2v) is 8.05. The maximum absolute atomic E-state index is 14.6. The van der Waals surface area contributed by atoms with Gasteiger partial charge in [0.1, 0.15) is 5.82 Å². The summed E-state index contributed by atoms with van der Waals surface area (Å²) in [5.74, 6) is -0.0528. The van der Waals surface area contributed by atoms with Crippen molar-refractivity contribution in [3.05, 3.63) is 112 Å². The fraction of sp³-hybridized carbons (Fsp3) is 0.160. The number of ketones is 1. The standard InChI is InChI=1S/C25H19ClFNO/c26-16-13-20-17-10-6-11-18(17)23(19-9-4-5-12-22(19)27)28-24(20)21(14-16)25(29)15-7-2-1-3-8-15/h1-10,12-14,17-18,23,28H,11H2/t17-,18+,23+/m0/s1. The summed E-state index contributed by atoms with van der Waals surface area (Å²) >= 11 is 6.42. The zero-order valence-electron chi connectivity index (χ0n) is 15.6.